The molecular formula is C20H20N4O4S. The number of likely N-dealkylation sites (tertiary alicyclic amines) is 1. The predicted molar refractivity (Wildman–Crippen MR) is 108 cm³/mol. The van der Waals surface area contributed by atoms with Crippen molar-refractivity contribution >= 4 is 33.4 Å². The van der Waals surface area contributed by atoms with Gasteiger partial charge in [-0.25, -0.2) is 0 Å². The van der Waals surface area contributed by atoms with E-state index in [0.717, 1.165) is 6.42 Å². The third kappa shape index (κ3) is 3.61. The Morgan fingerprint density at radius 1 is 1.10 bits per heavy atom. The minimum Gasteiger partial charge on any atom is -0.366 e. The fourth-order valence-electron chi connectivity index (χ4n) is 3.74. The first-order valence-electron chi connectivity index (χ1n) is 9.26. The SMILES string of the molecule is NC(=O)c1ccccc1NC(=O)[C@@H]1CCCN(C2=NS(=O)(=O)c3ccccc32)C1. The maximum absolute atomic E-state index is 12.8. The van der Waals surface area contributed by atoms with Gasteiger partial charge in [0.05, 0.1) is 17.2 Å². The molecule has 2 aliphatic heterocycles. The van der Waals surface area contributed by atoms with Crippen LogP contribution < -0.4 is 11.1 Å². The van der Waals surface area contributed by atoms with Crippen LogP contribution in [-0.4, -0.2) is 44.1 Å². The molecule has 1 fully saturated rings. The molecule has 1 atom stereocenters. The van der Waals surface area contributed by atoms with Gasteiger partial charge in [-0.3, -0.25) is 9.59 Å². The van der Waals surface area contributed by atoms with E-state index in [1.54, 1.807) is 42.5 Å². The van der Waals surface area contributed by atoms with Gasteiger partial charge in [0.25, 0.3) is 15.9 Å². The third-order valence-electron chi connectivity index (χ3n) is 5.15. The van der Waals surface area contributed by atoms with Crippen molar-refractivity contribution in [3.05, 3.63) is 59.7 Å². The van der Waals surface area contributed by atoms with Gasteiger partial charge in [0, 0.05) is 18.7 Å². The summed E-state index contributed by atoms with van der Waals surface area (Å²) in [5.74, 6) is -0.843. The molecule has 0 aromatic heterocycles. The monoisotopic (exact) mass is 412 g/mol. The number of rotatable bonds is 3. The predicted octanol–water partition coefficient (Wildman–Crippen LogP) is 1.59. The molecule has 0 spiro atoms. The number of nitrogens with two attached hydrogens (primary N) is 1. The van der Waals surface area contributed by atoms with Crippen LogP contribution in [0.3, 0.4) is 0 Å². The number of piperidine rings is 1. The van der Waals surface area contributed by atoms with Crippen molar-refractivity contribution in [2.75, 3.05) is 18.4 Å². The number of para-hydroxylation sites is 1. The minimum absolute atomic E-state index is 0.192. The summed E-state index contributed by atoms with van der Waals surface area (Å²) in [7, 11) is -3.71. The number of amides is 2. The molecule has 29 heavy (non-hydrogen) atoms. The maximum atomic E-state index is 12.8. The number of benzene rings is 2. The van der Waals surface area contributed by atoms with Crippen molar-refractivity contribution in [1.29, 1.82) is 0 Å². The first-order chi connectivity index (χ1) is 13.9. The van der Waals surface area contributed by atoms with Crippen LogP contribution in [0.15, 0.2) is 57.8 Å². The molecule has 4 rings (SSSR count). The molecule has 2 aromatic rings. The van der Waals surface area contributed by atoms with Crippen LogP contribution in [-0.2, 0) is 14.8 Å². The lowest BCUT2D eigenvalue weighted by molar-refractivity contribution is -0.121. The van der Waals surface area contributed by atoms with Crippen molar-refractivity contribution < 1.29 is 18.0 Å². The van der Waals surface area contributed by atoms with Gasteiger partial charge in [-0.1, -0.05) is 24.3 Å². The Morgan fingerprint density at radius 2 is 1.83 bits per heavy atom. The van der Waals surface area contributed by atoms with Crippen LogP contribution in [0.4, 0.5) is 5.69 Å². The number of fused-ring (bicyclic) bond motifs is 1. The molecule has 0 saturated carbocycles. The Bertz CT molecular complexity index is 1130. The molecule has 2 amide bonds. The zero-order valence-corrected chi connectivity index (χ0v) is 16.4. The zero-order valence-electron chi connectivity index (χ0n) is 15.5. The van der Waals surface area contributed by atoms with E-state index in [2.05, 4.69) is 9.71 Å². The molecule has 8 nitrogen and oxygen atoms in total. The zero-order chi connectivity index (χ0) is 20.6. The summed E-state index contributed by atoms with van der Waals surface area (Å²) in [6.07, 6.45) is 1.37. The highest BCUT2D eigenvalue weighted by Gasteiger charge is 2.35. The fraction of sp³-hybridized carbons (Fsp3) is 0.250. The van der Waals surface area contributed by atoms with Gasteiger partial charge in [0.15, 0.2) is 5.84 Å². The molecule has 150 valence electrons. The molecule has 3 N–H and O–H groups in total. The Kier molecular flexibility index (Phi) is 4.83. The lowest BCUT2D eigenvalue weighted by Crippen LogP contribution is -2.43. The van der Waals surface area contributed by atoms with Crippen molar-refractivity contribution in [2.24, 2.45) is 16.0 Å². The molecule has 2 aromatic carbocycles. The van der Waals surface area contributed by atoms with Crippen LogP contribution in [0.25, 0.3) is 0 Å². The van der Waals surface area contributed by atoms with Crippen LogP contribution >= 0.6 is 0 Å². The van der Waals surface area contributed by atoms with E-state index in [1.165, 1.54) is 6.07 Å². The van der Waals surface area contributed by atoms with E-state index >= 15 is 0 Å². The highest BCUT2D eigenvalue weighted by atomic mass is 32.2. The average molecular weight is 412 g/mol. The van der Waals surface area contributed by atoms with Gasteiger partial charge < -0.3 is 16.0 Å². The molecule has 2 aliphatic rings. The Balaban J connectivity index is 1.54. The second-order valence-electron chi connectivity index (χ2n) is 7.07. The van der Waals surface area contributed by atoms with E-state index < -0.39 is 15.9 Å². The van der Waals surface area contributed by atoms with Gasteiger partial charge >= 0.3 is 0 Å². The minimum atomic E-state index is -3.71. The summed E-state index contributed by atoms with van der Waals surface area (Å²) in [5.41, 5.74) is 6.55. The number of carbonyl (C=O) groups is 2. The number of amidine groups is 1. The standard InChI is InChI=1S/C20H20N4O4S/c21-18(25)14-7-1-3-9-16(14)22-20(26)13-6-5-11-24(12-13)19-15-8-2-4-10-17(15)29(27,28)23-19/h1-4,7-10,13H,5-6,11-12H2,(H2,21,25)(H,22,26)/t13-/m1/s1. The number of anilines is 1. The molecular weight excluding hydrogens is 392 g/mol. The van der Waals surface area contributed by atoms with Crippen LogP contribution in [0, 0.1) is 5.92 Å². The van der Waals surface area contributed by atoms with Crippen LogP contribution in [0.2, 0.25) is 0 Å². The number of hydrogen-bond acceptors (Lipinski definition) is 5. The van der Waals surface area contributed by atoms with Gasteiger partial charge in [-0.2, -0.15) is 8.42 Å². The summed E-state index contributed by atoms with van der Waals surface area (Å²) in [6, 6.07) is 13.3. The lowest BCUT2D eigenvalue weighted by atomic mass is 9.96. The van der Waals surface area contributed by atoms with Crippen LogP contribution in [0.5, 0.6) is 0 Å². The van der Waals surface area contributed by atoms with E-state index in [9.17, 15) is 18.0 Å². The van der Waals surface area contributed by atoms with Crippen molar-refractivity contribution in [1.82, 2.24) is 4.90 Å². The smallest absolute Gasteiger partial charge is 0.285 e. The van der Waals surface area contributed by atoms with E-state index in [-0.39, 0.29) is 22.3 Å². The molecule has 0 bridgehead atoms. The van der Waals surface area contributed by atoms with Gasteiger partial charge in [0.2, 0.25) is 5.91 Å². The Labute approximate surface area is 168 Å². The summed E-state index contributed by atoms with van der Waals surface area (Å²) < 4.78 is 28.6. The van der Waals surface area contributed by atoms with Crippen molar-refractivity contribution in [3.63, 3.8) is 0 Å². The largest absolute Gasteiger partial charge is 0.366 e. The number of carbonyl (C=O) groups excluding carboxylic acids is 2. The Morgan fingerprint density at radius 3 is 2.62 bits per heavy atom. The summed E-state index contributed by atoms with van der Waals surface area (Å²) in [6.45, 7) is 0.956. The second kappa shape index (κ2) is 7.32. The molecule has 0 unspecified atom stereocenters. The molecule has 9 heteroatoms. The van der Waals surface area contributed by atoms with E-state index in [4.69, 9.17) is 5.73 Å². The normalized spacial score (nSPS) is 19.9. The van der Waals surface area contributed by atoms with Crippen molar-refractivity contribution in [3.8, 4) is 0 Å². The van der Waals surface area contributed by atoms with Gasteiger partial charge in [0.1, 0.15) is 4.90 Å². The highest BCUT2D eigenvalue weighted by molar-refractivity contribution is 7.90. The first kappa shape index (κ1) is 19.1. The molecule has 2 heterocycles. The first-order valence-corrected chi connectivity index (χ1v) is 10.7. The maximum Gasteiger partial charge on any atom is 0.285 e. The second-order valence-corrected chi connectivity index (χ2v) is 8.64. The quantitative estimate of drug-likeness (QED) is 0.793. The third-order valence-corrected chi connectivity index (χ3v) is 6.48. The van der Waals surface area contributed by atoms with E-state index in [0.29, 0.717) is 36.6 Å². The van der Waals surface area contributed by atoms with Gasteiger partial charge in [-0.15, -0.1) is 4.40 Å². The molecule has 0 aliphatic carbocycles. The summed E-state index contributed by atoms with van der Waals surface area (Å²) >= 11 is 0. The Hall–Kier alpha value is -3.20. The van der Waals surface area contributed by atoms with Gasteiger partial charge in [-0.05, 0) is 37.1 Å². The number of hydrogen-bond donors (Lipinski definition) is 2. The van der Waals surface area contributed by atoms with Crippen molar-refractivity contribution in [2.45, 2.75) is 17.7 Å². The molecule has 0 radical (unpaired) electrons. The van der Waals surface area contributed by atoms with E-state index in [1.807, 2.05) is 4.90 Å². The number of nitrogens with zero attached hydrogens (tertiary/aromatic N) is 2. The molecule has 1 saturated heterocycles. The number of sulfonamides is 1. The summed E-state index contributed by atoms with van der Waals surface area (Å²) in [5, 5.41) is 2.78. The fourth-order valence-corrected chi connectivity index (χ4v) is 4.97. The lowest BCUT2D eigenvalue weighted by Gasteiger charge is -2.33. The van der Waals surface area contributed by atoms with Crippen LogP contribution in [0.1, 0.15) is 28.8 Å². The topological polar surface area (TPSA) is 122 Å². The average Bonchev–Trinajstić information content (AvgIpc) is 3.00. The number of nitrogens with one attached hydrogen (secondary N) is 1. The number of primary amides is 1. The highest BCUT2D eigenvalue weighted by Crippen LogP contribution is 2.30. The summed E-state index contributed by atoms with van der Waals surface area (Å²) in [4.78, 5) is 26.4.